The standard InChI is InChI=1S/C18H22N4O2/c1-13-11-14(2)22(19-13)15-7-8-20(12-15)9-10-21-16-5-3-4-6-17(16)24-18(21)23/h3-6,11,15H,7-10,12H2,1-2H3/t15-/m1/s1. The third-order valence-corrected chi connectivity index (χ3v) is 4.85. The Morgan fingerprint density at radius 1 is 1.25 bits per heavy atom. The predicted octanol–water partition coefficient (Wildman–Crippen LogP) is 2.35. The van der Waals surface area contributed by atoms with E-state index >= 15 is 0 Å². The van der Waals surface area contributed by atoms with Gasteiger partial charge in [0.15, 0.2) is 5.58 Å². The van der Waals surface area contributed by atoms with Crippen molar-refractivity contribution >= 4 is 11.1 Å². The Labute approximate surface area is 140 Å². The molecular weight excluding hydrogens is 304 g/mol. The topological polar surface area (TPSA) is 56.2 Å². The van der Waals surface area contributed by atoms with Gasteiger partial charge in [-0.15, -0.1) is 0 Å². The monoisotopic (exact) mass is 326 g/mol. The Morgan fingerprint density at radius 3 is 2.88 bits per heavy atom. The highest BCUT2D eigenvalue weighted by molar-refractivity contribution is 5.72. The van der Waals surface area contributed by atoms with Crippen LogP contribution in [0, 0.1) is 13.8 Å². The van der Waals surface area contributed by atoms with E-state index in [4.69, 9.17) is 4.42 Å². The number of rotatable bonds is 4. The second-order valence-electron chi connectivity index (χ2n) is 6.60. The molecule has 0 N–H and O–H groups in total. The van der Waals surface area contributed by atoms with Gasteiger partial charge in [-0.2, -0.15) is 5.10 Å². The summed E-state index contributed by atoms with van der Waals surface area (Å²) in [6, 6.07) is 10.1. The molecule has 6 heteroatoms. The summed E-state index contributed by atoms with van der Waals surface area (Å²) in [5, 5.41) is 4.61. The Kier molecular flexibility index (Phi) is 3.76. The first-order valence-electron chi connectivity index (χ1n) is 8.45. The Balaban J connectivity index is 1.44. The van der Waals surface area contributed by atoms with Crippen molar-refractivity contribution in [3.05, 3.63) is 52.3 Å². The van der Waals surface area contributed by atoms with Crippen LogP contribution in [-0.2, 0) is 6.54 Å². The van der Waals surface area contributed by atoms with Crippen molar-refractivity contribution in [3.8, 4) is 0 Å². The number of aromatic nitrogens is 3. The third-order valence-electron chi connectivity index (χ3n) is 4.85. The molecule has 2 aromatic heterocycles. The van der Waals surface area contributed by atoms with Crippen LogP contribution in [0.2, 0.25) is 0 Å². The fraction of sp³-hybridized carbons (Fsp3) is 0.444. The van der Waals surface area contributed by atoms with Crippen molar-refractivity contribution in [3.63, 3.8) is 0 Å². The molecule has 1 atom stereocenters. The molecule has 6 nitrogen and oxygen atoms in total. The third kappa shape index (κ3) is 2.67. The van der Waals surface area contributed by atoms with Crippen LogP contribution in [0.15, 0.2) is 39.5 Å². The van der Waals surface area contributed by atoms with Crippen LogP contribution in [0.25, 0.3) is 11.1 Å². The fourth-order valence-corrected chi connectivity index (χ4v) is 3.70. The molecule has 126 valence electrons. The largest absolute Gasteiger partial charge is 0.419 e. The lowest BCUT2D eigenvalue weighted by molar-refractivity contribution is 0.301. The zero-order valence-electron chi connectivity index (χ0n) is 14.1. The zero-order chi connectivity index (χ0) is 16.7. The van der Waals surface area contributed by atoms with E-state index in [1.165, 1.54) is 5.69 Å². The van der Waals surface area contributed by atoms with E-state index in [1.807, 2.05) is 31.2 Å². The maximum absolute atomic E-state index is 12.0. The van der Waals surface area contributed by atoms with Gasteiger partial charge >= 0.3 is 5.76 Å². The quantitative estimate of drug-likeness (QED) is 0.738. The molecule has 1 aliphatic heterocycles. The first-order valence-corrected chi connectivity index (χ1v) is 8.45. The predicted molar refractivity (Wildman–Crippen MR) is 92.3 cm³/mol. The summed E-state index contributed by atoms with van der Waals surface area (Å²) >= 11 is 0. The summed E-state index contributed by atoms with van der Waals surface area (Å²) in [5.74, 6) is -0.273. The van der Waals surface area contributed by atoms with E-state index in [9.17, 15) is 4.79 Å². The molecule has 1 aromatic carbocycles. The first-order chi connectivity index (χ1) is 11.6. The molecule has 0 unspecified atom stereocenters. The van der Waals surface area contributed by atoms with Gasteiger partial charge in [0, 0.05) is 31.9 Å². The second kappa shape index (κ2) is 5.94. The van der Waals surface area contributed by atoms with Crippen LogP contribution in [0.5, 0.6) is 0 Å². The van der Waals surface area contributed by atoms with Crippen molar-refractivity contribution < 1.29 is 4.42 Å². The van der Waals surface area contributed by atoms with Crippen LogP contribution in [0.4, 0.5) is 0 Å². The molecule has 3 heterocycles. The van der Waals surface area contributed by atoms with Gasteiger partial charge in [-0.3, -0.25) is 14.1 Å². The molecule has 0 saturated carbocycles. The molecule has 1 fully saturated rings. The lowest BCUT2D eigenvalue weighted by Crippen LogP contribution is -2.28. The molecule has 0 bridgehead atoms. The molecule has 24 heavy (non-hydrogen) atoms. The number of nitrogens with zero attached hydrogens (tertiary/aromatic N) is 4. The average Bonchev–Trinajstić information content (AvgIpc) is 3.22. The zero-order valence-corrected chi connectivity index (χ0v) is 14.1. The highest BCUT2D eigenvalue weighted by Gasteiger charge is 2.25. The maximum atomic E-state index is 12.0. The molecule has 3 aromatic rings. The number of fused-ring (bicyclic) bond motifs is 1. The number of hydrogen-bond donors (Lipinski definition) is 0. The summed E-state index contributed by atoms with van der Waals surface area (Å²) < 4.78 is 9.17. The van der Waals surface area contributed by atoms with Gasteiger partial charge in [-0.25, -0.2) is 4.79 Å². The van der Waals surface area contributed by atoms with Crippen LogP contribution >= 0.6 is 0 Å². The summed E-state index contributed by atoms with van der Waals surface area (Å²) in [5.41, 5.74) is 3.82. The number of benzene rings is 1. The van der Waals surface area contributed by atoms with E-state index in [1.54, 1.807) is 4.57 Å². The Hall–Kier alpha value is -2.34. The molecule has 4 rings (SSSR count). The van der Waals surface area contributed by atoms with E-state index in [2.05, 4.69) is 27.7 Å². The second-order valence-corrected chi connectivity index (χ2v) is 6.60. The summed E-state index contributed by atoms with van der Waals surface area (Å²) in [6.07, 6.45) is 1.10. The van der Waals surface area contributed by atoms with Crippen LogP contribution < -0.4 is 5.76 Å². The number of hydrogen-bond acceptors (Lipinski definition) is 4. The smallest absolute Gasteiger partial charge is 0.408 e. The molecule has 0 aliphatic carbocycles. The number of likely N-dealkylation sites (tertiary alicyclic amines) is 1. The van der Waals surface area contributed by atoms with Gasteiger partial charge in [0.1, 0.15) is 0 Å². The van der Waals surface area contributed by atoms with Crippen LogP contribution in [-0.4, -0.2) is 38.9 Å². The Morgan fingerprint density at radius 2 is 2.08 bits per heavy atom. The van der Waals surface area contributed by atoms with Crippen LogP contribution in [0.1, 0.15) is 23.9 Å². The van der Waals surface area contributed by atoms with Crippen molar-refractivity contribution in [2.24, 2.45) is 0 Å². The molecule has 1 aliphatic rings. The maximum Gasteiger partial charge on any atom is 0.419 e. The summed E-state index contributed by atoms with van der Waals surface area (Å²) in [4.78, 5) is 14.4. The number of aryl methyl sites for hydroxylation is 2. The highest BCUT2D eigenvalue weighted by atomic mass is 16.4. The number of para-hydroxylation sites is 2. The lowest BCUT2D eigenvalue weighted by atomic mass is 10.2. The minimum atomic E-state index is -0.273. The minimum Gasteiger partial charge on any atom is -0.408 e. The van der Waals surface area contributed by atoms with E-state index in [-0.39, 0.29) is 5.76 Å². The number of oxazole rings is 1. The van der Waals surface area contributed by atoms with Gasteiger partial charge in [-0.05, 0) is 38.5 Å². The van der Waals surface area contributed by atoms with E-state index in [0.717, 1.165) is 37.3 Å². The first kappa shape index (κ1) is 15.2. The molecule has 0 amide bonds. The van der Waals surface area contributed by atoms with Gasteiger partial charge in [0.2, 0.25) is 0 Å². The minimum absolute atomic E-state index is 0.273. The van der Waals surface area contributed by atoms with Gasteiger partial charge in [-0.1, -0.05) is 12.1 Å². The van der Waals surface area contributed by atoms with Gasteiger partial charge < -0.3 is 4.42 Å². The molecule has 1 saturated heterocycles. The lowest BCUT2D eigenvalue weighted by Gasteiger charge is -2.17. The van der Waals surface area contributed by atoms with Gasteiger partial charge in [0.25, 0.3) is 0 Å². The Bertz CT molecular complexity index is 921. The summed E-state index contributed by atoms with van der Waals surface area (Å²) in [6.45, 7) is 7.66. The summed E-state index contributed by atoms with van der Waals surface area (Å²) in [7, 11) is 0. The van der Waals surface area contributed by atoms with Crippen LogP contribution in [0.3, 0.4) is 0 Å². The molecule has 0 radical (unpaired) electrons. The van der Waals surface area contributed by atoms with Crippen molar-refractivity contribution in [2.45, 2.75) is 32.9 Å². The highest BCUT2D eigenvalue weighted by Crippen LogP contribution is 2.23. The normalized spacial score (nSPS) is 18.7. The van der Waals surface area contributed by atoms with Crippen molar-refractivity contribution in [1.82, 2.24) is 19.2 Å². The van der Waals surface area contributed by atoms with E-state index < -0.39 is 0 Å². The fourth-order valence-electron chi connectivity index (χ4n) is 3.70. The molecular formula is C18H22N4O2. The van der Waals surface area contributed by atoms with Crippen molar-refractivity contribution in [2.75, 3.05) is 19.6 Å². The van der Waals surface area contributed by atoms with Crippen molar-refractivity contribution in [1.29, 1.82) is 0 Å². The van der Waals surface area contributed by atoms with E-state index in [0.29, 0.717) is 18.2 Å². The van der Waals surface area contributed by atoms with Gasteiger partial charge in [0.05, 0.1) is 17.3 Å². The average molecular weight is 326 g/mol. The SMILES string of the molecule is Cc1cc(C)n([C@@H]2CCN(CCn3c(=O)oc4ccccc43)C2)n1. The molecule has 0 spiro atoms.